The quantitative estimate of drug-likeness (QED) is 0.181. The van der Waals surface area contributed by atoms with E-state index in [4.69, 9.17) is 6.57 Å². The third kappa shape index (κ3) is 4.38. The van der Waals surface area contributed by atoms with Gasteiger partial charge in [-0.3, -0.25) is 0 Å². The average molecular weight is 636 g/mol. The van der Waals surface area contributed by atoms with Gasteiger partial charge in [0.2, 0.25) is 0 Å². The zero-order chi connectivity index (χ0) is 33.8. The topological polar surface area (TPSA) is 61.8 Å². The van der Waals surface area contributed by atoms with Gasteiger partial charge in [-0.2, -0.15) is 10.5 Å². The third-order valence-electron chi connectivity index (χ3n) is 9.62. The van der Waals surface area contributed by atoms with E-state index >= 15 is 0 Å². The fraction of sp³-hybridized carbons (Fsp3) is 0. The summed E-state index contributed by atoms with van der Waals surface area (Å²) in [6.45, 7) is 7.58. The number of fused-ring (bicyclic) bond motifs is 6. The van der Waals surface area contributed by atoms with Crippen molar-refractivity contribution in [1.29, 1.82) is 10.5 Å². The second kappa shape index (κ2) is 11.4. The van der Waals surface area contributed by atoms with Crippen molar-refractivity contribution >= 4 is 49.3 Å². The minimum absolute atomic E-state index is 0.558. The monoisotopic (exact) mass is 635 g/mol. The molecule has 0 atom stereocenters. The summed E-state index contributed by atoms with van der Waals surface area (Å²) >= 11 is 0. The lowest BCUT2D eigenvalue weighted by molar-refractivity contribution is 1.18. The zero-order valence-electron chi connectivity index (χ0n) is 26.7. The molecule has 0 aliphatic rings. The molecule has 0 amide bonds. The van der Waals surface area contributed by atoms with Gasteiger partial charge in [0.15, 0.2) is 5.69 Å². The lowest BCUT2D eigenvalue weighted by Gasteiger charge is -2.15. The molecule has 0 fully saturated rings. The van der Waals surface area contributed by atoms with E-state index in [1.807, 2.05) is 72.8 Å². The van der Waals surface area contributed by atoms with Crippen LogP contribution in [0.1, 0.15) is 11.1 Å². The molecular formula is C45H25N5. The normalized spacial score (nSPS) is 11.1. The second-order valence-electron chi connectivity index (χ2n) is 12.3. The highest BCUT2D eigenvalue weighted by Gasteiger charge is 2.18. The number of benzene rings is 7. The highest BCUT2D eigenvalue weighted by atomic mass is 15.0. The van der Waals surface area contributed by atoms with Crippen molar-refractivity contribution in [2.75, 3.05) is 0 Å². The van der Waals surface area contributed by atoms with Crippen molar-refractivity contribution < 1.29 is 0 Å². The molecule has 0 saturated heterocycles. The summed E-state index contributed by atoms with van der Waals surface area (Å²) < 4.78 is 4.44. The van der Waals surface area contributed by atoms with Gasteiger partial charge in [0.25, 0.3) is 0 Å². The minimum atomic E-state index is 0.558. The maximum absolute atomic E-state index is 10.3. The van der Waals surface area contributed by atoms with Crippen molar-refractivity contribution in [2.45, 2.75) is 0 Å². The van der Waals surface area contributed by atoms with Gasteiger partial charge < -0.3 is 9.13 Å². The summed E-state index contributed by atoms with van der Waals surface area (Å²) in [5, 5.41) is 24.2. The molecule has 0 spiro atoms. The van der Waals surface area contributed by atoms with E-state index in [0.29, 0.717) is 16.8 Å². The van der Waals surface area contributed by atoms with E-state index in [1.165, 1.54) is 10.8 Å². The van der Waals surface area contributed by atoms with E-state index in [0.717, 1.165) is 66.5 Å². The average Bonchev–Trinajstić information content (AvgIpc) is 3.69. The van der Waals surface area contributed by atoms with Crippen LogP contribution in [0, 0.1) is 29.2 Å². The Morgan fingerprint density at radius 1 is 0.480 bits per heavy atom. The molecule has 50 heavy (non-hydrogen) atoms. The predicted octanol–water partition coefficient (Wildman–Crippen LogP) is 11.5. The van der Waals surface area contributed by atoms with Gasteiger partial charge >= 0.3 is 0 Å². The number of para-hydroxylation sites is 3. The summed E-state index contributed by atoms with van der Waals surface area (Å²) in [5.74, 6) is 0. The van der Waals surface area contributed by atoms with Crippen molar-refractivity contribution in [3.8, 4) is 45.8 Å². The fourth-order valence-electron chi connectivity index (χ4n) is 7.37. The van der Waals surface area contributed by atoms with E-state index < -0.39 is 0 Å². The summed E-state index contributed by atoms with van der Waals surface area (Å²) in [6, 6.07) is 55.7. The Bertz CT molecular complexity index is 2830. The van der Waals surface area contributed by atoms with Gasteiger partial charge in [-0.1, -0.05) is 91.0 Å². The number of hydrogen-bond donors (Lipinski definition) is 0. The smallest absolute Gasteiger partial charge is 0.188 e. The second-order valence-corrected chi connectivity index (χ2v) is 12.3. The molecule has 230 valence electrons. The Labute approximate surface area is 288 Å². The molecule has 0 aliphatic carbocycles. The lowest BCUT2D eigenvalue weighted by atomic mass is 9.96. The molecule has 7 aromatic carbocycles. The van der Waals surface area contributed by atoms with Gasteiger partial charge in [0.05, 0.1) is 57.6 Å². The van der Waals surface area contributed by atoms with Crippen LogP contribution in [0.25, 0.3) is 82.1 Å². The standard InChI is InChI=1S/C45H25N5/c1-48-33-19-23-45-40(26-33)39-24-29(27-46)14-22-44(39)50(45)41-11-5-2-8-36(41)31-17-15-30(16-18-31)35-21-20-34(25-32(35)28-47)49-42-12-6-3-9-37(42)38-10-4-7-13-43(38)49/h2-26H. The SMILES string of the molecule is [C-]#[N+]c1ccc2c(c1)c1cc(C#N)ccc1n2-c1ccccc1-c1ccc(-c2ccc(-n3c4ccccc4c4ccccc43)cc2C#N)cc1. The summed E-state index contributed by atoms with van der Waals surface area (Å²) in [6.07, 6.45) is 0. The van der Waals surface area contributed by atoms with Gasteiger partial charge in [-0.25, -0.2) is 4.85 Å². The van der Waals surface area contributed by atoms with Gasteiger partial charge in [-0.05, 0) is 82.7 Å². The fourth-order valence-corrected chi connectivity index (χ4v) is 7.37. The Morgan fingerprint density at radius 3 is 1.76 bits per heavy atom. The lowest BCUT2D eigenvalue weighted by Crippen LogP contribution is -1.97. The summed E-state index contributed by atoms with van der Waals surface area (Å²) in [7, 11) is 0. The molecule has 9 aromatic rings. The predicted molar refractivity (Wildman–Crippen MR) is 202 cm³/mol. The van der Waals surface area contributed by atoms with E-state index in [1.54, 1.807) is 0 Å². The molecular weight excluding hydrogens is 611 g/mol. The molecule has 0 bridgehead atoms. The van der Waals surface area contributed by atoms with Crippen LogP contribution in [-0.2, 0) is 0 Å². The molecule has 5 nitrogen and oxygen atoms in total. The largest absolute Gasteiger partial charge is 0.309 e. The first-order chi connectivity index (χ1) is 24.7. The number of rotatable bonds is 4. The van der Waals surface area contributed by atoms with E-state index in [2.05, 4.69) is 105 Å². The molecule has 0 radical (unpaired) electrons. The van der Waals surface area contributed by atoms with Crippen LogP contribution in [0.3, 0.4) is 0 Å². The molecule has 0 N–H and O–H groups in total. The van der Waals surface area contributed by atoms with Crippen molar-refractivity contribution in [1.82, 2.24) is 9.13 Å². The Morgan fingerprint density at radius 2 is 1.08 bits per heavy atom. The maximum Gasteiger partial charge on any atom is 0.188 e. The van der Waals surface area contributed by atoms with E-state index in [9.17, 15) is 10.5 Å². The van der Waals surface area contributed by atoms with Crippen LogP contribution < -0.4 is 0 Å². The third-order valence-corrected chi connectivity index (χ3v) is 9.62. The van der Waals surface area contributed by atoms with Crippen LogP contribution in [0.15, 0.2) is 152 Å². The van der Waals surface area contributed by atoms with Gasteiger partial charge in [-0.15, -0.1) is 0 Å². The van der Waals surface area contributed by atoms with Gasteiger partial charge in [0.1, 0.15) is 0 Å². The van der Waals surface area contributed by atoms with E-state index in [-0.39, 0.29) is 0 Å². The van der Waals surface area contributed by atoms with Crippen LogP contribution in [0.5, 0.6) is 0 Å². The maximum atomic E-state index is 10.3. The molecule has 0 unspecified atom stereocenters. The van der Waals surface area contributed by atoms with Gasteiger partial charge in [0, 0.05) is 27.4 Å². The Kier molecular flexibility index (Phi) is 6.56. The Hall–Kier alpha value is -7.39. The van der Waals surface area contributed by atoms with Crippen molar-refractivity contribution in [3.05, 3.63) is 174 Å². The van der Waals surface area contributed by atoms with Crippen molar-refractivity contribution in [3.63, 3.8) is 0 Å². The Balaban J connectivity index is 1.14. The van der Waals surface area contributed by atoms with Crippen LogP contribution >= 0.6 is 0 Å². The minimum Gasteiger partial charge on any atom is -0.309 e. The number of aromatic nitrogens is 2. The summed E-state index contributed by atoms with van der Waals surface area (Å²) in [4.78, 5) is 3.66. The number of nitriles is 2. The molecule has 0 aliphatic heterocycles. The first-order valence-corrected chi connectivity index (χ1v) is 16.3. The molecule has 9 rings (SSSR count). The highest BCUT2D eigenvalue weighted by Crippen LogP contribution is 2.39. The molecule has 2 heterocycles. The number of nitrogens with zero attached hydrogens (tertiary/aromatic N) is 5. The highest BCUT2D eigenvalue weighted by molar-refractivity contribution is 6.11. The first-order valence-electron chi connectivity index (χ1n) is 16.3. The number of hydrogen-bond acceptors (Lipinski definition) is 2. The van der Waals surface area contributed by atoms with Crippen LogP contribution in [-0.4, -0.2) is 9.13 Å². The van der Waals surface area contributed by atoms with Crippen LogP contribution in [0.4, 0.5) is 5.69 Å². The molecule has 0 saturated carbocycles. The first kappa shape index (κ1) is 28.8. The van der Waals surface area contributed by atoms with Crippen LogP contribution in [0.2, 0.25) is 0 Å². The molecule has 5 heteroatoms. The molecule has 2 aromatic heterocycles. The zero-order valence-corrected chi connectivity index (χ0v) is 26.7. The van der Waals surface area contributed by atoms with Crippen molar-refractivity contribution in [2.24, 2.45) is 0 Å². The summed E-state index contributed by atoms with van der Waals surface area (Å²) in [5.41, 5.74) is 11.7.